The Bertz CT molecular complexity index is 582. The minimum absolute atomic E-state index is 0.910. The highest BCUT2D eigenvalue weighted by Crippen LogP contribution is 2.15. The molecule has 0 amide bonds. The molecule has 2 aliphatic rings. The summed E-state index contributed by atoms with van der Waals surface area (Å²) in [7, 11) is 2.23. The van der Waals surface area contributed by atoms with Crippen LogP contribution in [0.15, 0.2) is 35.3 Å². The van der Waals surface area contributed by atoms with Gasteiger partial charge in [-0.25, -0.2) is 0 Å². The van der Waals surface area contributed by atoms with Crippen LogP contribution in [0.2, 0.25) is 0 Å². The molecule has 0 bridgehead atoms. The summed E-state index contributed by atoms with van der Waals surface area (Å²) in [6.45, 7) is 14.2. The van der Waals surface area contributed by atoms with Gasteiger partial charge in [-0.3, -0.25) is 4.99 Å². The number of para-hydroxylation sites is 1. The number of nitrogens with one attached hydrogen (secondary N) is 1. The van der Waals surface area contributed by atoms with Crippen molar-refractivity contribution in [1.82, 2.24) is 20.0 Å². The Kier molecular flexibility index (Phi) is 8.42. The summed E-state index contributed by atoms with van der Waals surface area (Å²) in [5, 5.41) is 3.50. The number of aliphatic imine (C=N–C) groups is 1. The molecule has 28 heavy (non-hydrogen) atoms. The number of nitrogens with zero attached hydrogens (tertiary/aromatic N) is 5. The summed E-state index contributed by atoms with van der Waals surface area (Å²) < 4.78 is 0. The fourth-order valence-electron chi connectivity index (χ4n) is 4.04. The van der Waals surface area contributed by atoms with Gasteiger partial charge in [-0.2, -0.15) is 0 Å². The minimum atomic E-state index is 0.910. The molecule has 0 aliphatic carbocycles. The molecule has 1 aromatic rings. The van der Waals surface area contributed by atoms with Crippen LogP contribution in [0.3, 0.4) is 0 Å². The van der Waals surface area contributed by atoms with E-state index < -0.39 is 0 Å². The molecule has 3 rings (SSSR count). The third-order valence-corrected chi connectivity index (χ3v) is 5.74. The van der Waals surface area contributed by atoms with Crippen LogP contribution in [0.4, 0.5) is 5.69 Å². The molecule has 0 atom stereocenters. The highest BCUT2D eigenvalue weighted by Gasteiger charge is 2.19. The lowest BCUT2D eigenvalue weighted by atomic mass is 10.2. The molecule has 0 aromatic heterocycles. The lowest BCUT2D eigenvalue weighted by Gasteiger charge is -2.37. The Morgan fingerprint density at radius 1 is 0.964 bits per heavy atom. The topological polar surface area (TPSA) is 37.4 Å². The fourth-order valence-corrected chi connectivity index (χ4v) is 4.04. The van der Waals surface area contributed by atoms with E-state index in [1.807, 2.05) is 0 Å². The van der Waals surface area contributed by atoms with Crippen molar-refractivity contribution in [2.75, 3.05) is 83.9 Å². The van der Waals surface area contributed by atoms with Crippen molar-refractivity contribution in [1.29, 1.82) is 0 Å². The minimum Gasteiger partial charge on any atom is -0.368 e. The van der Waals surface area contributed by atoms with Crippen molar-refractivity contribution in [2.45, 2.75) is 19.8 Å². The molecule has 1 aromatic carbocycles. The van der Waals surface area contributed by atoms with Gasteiger partial charge in [-0.1, -0.05) is 18.2 Å². The number of guanidine groups is 1. The van der Waals surface area contributed by atoms with Crippen molar-refractivity contribution < 1.29 is 0 Å². The van der Waals surface area contributed by atoms with E-state index in [1.165, 1.54) is 44.8 Å². The maximum atomic E-state index is 4.93. The predicted octanol–water partition coefficient (Wildman–Crippen LogP) is 1.80. The lowest BCUT2D eigenvalue weighted by molar-refractivity contribution is 0.274. The van der Waals surface area contributed by atoms with E-state index in [9.17, 15) is 0 Å². The zero-order valence-corrected chi connectivity index (χ0v) is 17.8. The number of piperazine rings is 1. The van der Waals surface area contributed by atoms with Crippen molar-refractivity contribution in [3.8, 4) is 0 Å². The largest absolute Gasteiger partial charge is 0.368 e. The van der Waals surface area contributed by atoms with Crippen molar-refractivity contribution in [3.05, 3.63) is 30.3 Å². The third kappa shape index (κ3) is 6.38. The first-order chi connectivity index (χ1) is 13.8. The maximum Gasteiger partial charge on any atom is 0.194 e. The van der Waals surface area contributed by atoms with Gasteiger partial charge in [-0.05, 0) is 58.6 Å². The Labute approximate surface area is 171 Å². The molecule has 0 saturated carbocycles. The van der Waals surface area contributed by atoms with Gasteiger partial charge >= 0.3 is 0 Å². The van der Waals surface area contributed by atoms with E-state index >= 15 is 0 Å². The van der Waals surface area contributed by atoms with Gasteiger partial charge in [0.15, 0.2) is 5.96 Å². The summed E-state index contributed by atoms with van der Waals surface area (Å²) in [4.78, 5) is 14.9. The number of hydrogen-bond acceptors (Lipinski definition) is 4. The lowest BCUT2D eigenvalue weighted by Crippen LogP contribution is -2.52. The van der Waals surface area contributed by atoms with Gasteiger partial charge < -0.3 is 24.9 Å². The Balaban J connectivity index is 1.44. The third-order valence-electron chi connectivity index (χ3n) is 5.74. The van der Waals surface area contributed by atoms with Crippen molar-refractivity contribution >= 4 is 11.6 Å². The summed E-state index contributed by atoms with van der Waals surface area (Å²) >= 11 is 0. The Morgan fingerprint density at radius 3 is 2.50 bits per heavy atom. The first-order valence-electron chi connectivity index (χ1n) is 11.0. The van der Waals surface area contributed by atoms with E-state index in [2.05, 4.69) is 69.2 Å². The number of hydrogen-bond donors (Lipinski definition) is 1. The molecule has 2 heterocycles. The highest BCUT2D eigenvalue weighted by molar-refractivity contribution is 5.80. The normalized spacial score (nSPS) is 20.3. The molecular formula is C22H38N6. The van der Waals surface area contributed by atoms with E-state index in [-0.39, 0.29) is 0 Å². The van der Waals surface area contributed by atoms with Crippen LogP contribution in [0.25, 0.3) is 0 Å². The summed E-state index contributed by atoms with van der Waals surface area (Å²) in [6.07, 6.45) is 2.43. The Morgan fingerprint density at radius 2 is 1.75 bits per heavy atom. The monoisotopic (exact) mass is 386 g/mol. The fraction of sp³-hybridized carbons (Fsp3) is 0.682. The summed E-state index contributed by atoms with van der Waals surface area (Å²) in [5.74, 6) is 1.09. The van der Waals surface area contributed by atoms with Crippen LogP contribution in [0, 0.1) is 0 Å². The SMILES string of the molecule is CCNC(=NCCCN1CCCN(C)CC1)N1CCN(c2ccccc2)CC1. The van der Waals surface area contributed by atoms with Crippen molar-refractivity contribution in [3.63, 3.8) is 0 Å². The van der Waals surface area contributed by atoms with Gasteiger partial charge in [0, 0.05) is 58.0 Å². The van der Waals surface area contributed by atoms with E-state index in [0.717, 1.165) is 51.6 Å². The quantitative estimate of drug-likeness (QED) is 0.458. The molecule has 2 saturated heterocycles. The van der Waals surface area contributed by atoms with Crippen LogP contribution in [-0.4, -0.2) is 99.7 Å². The molecule has 0 radical (unpaired) electrons. The summed E-state index contributed by atoms with van der Waals surface area (Å²) in [5.41, 5.74) is 1.33. The molecule has 6 heteroatoms. The molecule has 156 valence electrons. The van der Waals surface area contributed by atoms with Gasteiger partial charge in [-0.15, -0.1) is 0 Å². The number of rotatable bonds is 6. The van der Waals surface area contributed by atoms with Crippen LogP contribution in [0.5, 0.6) is 0 Å². The summed E-state index contributed by atoms with van der Waals surface area (Å²) in [6, 6.07) is 10.7. The van der Waals surface area contributed by atoms with Crippen LogP contribution < -0.4 is 10.2 Å². The predicted molar refractivity (Wildman–Crippen MR) is 119 cm³/mol. The standard InChI is InChI=1S/C22H38N6/c1-3-23-22(24-11-7-13-26-14-8-12-25(2)15-16-26)28-19-17-27(18-20-28)21-9-5-4-6-10-21/h4-6,9-10H,3,7-8,11-20H2,1-2H3,(H,23,24). The second kappa shape index (κ2) is 11.3. The second-order valence-electron chi connectivity index (χ2n) is 7.90. The molecule has 2 aliphatic heterocycles. The van der Waals surface area contributed by atoms with Crippen LogP contribution in [-0.2, 0) is 0 Å². The first-order valence-corrected chi connectivity index (χ1v) is 11.0. The van der Waals surface area contributed by atoms with Gasteiger partial charge in [0.1, 0.15) is 0 Å². The zero-order chi connectivity index (χ0) is 19.6. The van der Waals surface area contributed by atoms with Gasteiger partial charge in [0.25, 0.3) is 0 Å². The molecular weight excluding hydrogens is 348 g/mol. The smallest absolute Gasteiger partial charge is 0.194 e. The van der Waals surface area contributed by atoms with E-state index in [4.69, 9.17) is 4.99 Å². The zero-order valence-electron chi connectivity index (χ0n) is 17.8. The average molecular weight is 387 g/mol. The molecule has 1 N–H and O–H groups in total. The molecule has 2 fully saturated rings. The van der Waals surface area contributed by atoms with E-state index in [1.54, 1.807) is 0 Å². The average Bonchev–Trinajstić information content (AvgIpc) is 2.95. The Hall–Kier alpha value is -1.79. The highest BCUT2D eigenvalue weighted by atomic mass is 15.3. The van der Waals surface area contributed by atoms with Crippen molar-refractivity contribution in [2.24, 2.45) is 4.99 Å². The maximum absolute atomic E-state index is 4.93. The van der Waals surface area contributed by atoms with Crippen LogP contribution in [0.1, 0.15) is 19.8 Å². The molecule has 0 unspecified atom stereocenters. The number of likely N-dealkylation sites (N-methyl/N-ethyl adjacent to an activating group) is 1. The number of benzene rings is 1. The van der Waals surface area contributed by atoms with Crippen LogP contribution >= 0.6 is 0 Å². The second-order valence-corrected chi connectivity index (χ2v) is 7.90. The first kappa shape index (κ1) is 20.9. The number of anilines is 1. The van der Waals surface area contributed by atoms with Gasteiger partial charge in [0.05, 0.1) is 0 Å². The van der Waals surface area contributed by atoms with Gasteiger partial charge in [0.2, 0.25) is 0 Å². The molecule has 0 spiro atoms. The van der Waals surface area contributed by atoms with E-state index in [0.29, 0.717) is 0 Å². The molecule has 6 nitrogen and oxygen atoms in total.